The van der Waals surface area contributed by atoms with Gasteiger partial charge < -0.3 is 14.3 Å². The van der Waals surface area contributed by atoms with Gasteiger partial charge in [0.2, 0.25) is 5.91 Å². The fourth-order valence-corrected chi connectivity index (χ4v) is 3.93. The summed E-state index contributed by atoms with van der Waals surface area (Å²) in [5, 5.41) is 4.14. The summed E-state index contributed by atoms with van der Waals surface area (Å²) < 4.78 is 5.54. The number of amides is 1. The van der Waals surface area contributed by atoms with E-state index in [4.69, 9.17) is 4.52 Å². The molecule has 3 heterocycles. The molecule has 7 heteroatoms. The van der Waals surface area contributed by atoms with Gasteiger partial charge in [-0.2, -0.15) is 4.98 Å². The summed E-state index contributed by atoms with van der Waals surface area (Å²) in [7, 11) is 0. The van der Waals surface area contributed by atoms with Crippen LogP contribution in [0.3, 0.4) is 0 Å². The van der Waals surface area contributed by atoms with E-state index in [1.807, 2.05) is 17.0 Å². The van der Waals surface area contributed by atoms with Crippen LogP contribution in [0.15, 0.2) is 22.9 Å². The second-order valence-corrected chi connectivity index (χ2v) is 7.90. The van der Waals surface area contributed by atoms with Gasteiger partial charge in [0, 0.05) is 44.2 Å². The Hall–Kier alpha value is -2.44. The number of hydrogen-bond donors (Lipinski definition) is 0. The third-order valence-corrected chi connectivity index (χ3v) is 5.96. The van der Waals surface area contributed by atoms with Crippen molar-refractivity contribution in [3.05, 3.63) is 24.2 Å². The molecule has 142 valence electrons. The van der Waals surface area contributed by atoms with Crippen LogP contribution in [0.5, 0.6) is 0 Å². The van der Waals surface area contributed by atoms with E-state index in [9.17, 15) is 4.79 Å². The second-order valence-electron chi connectivity index (χ2n) is 7.90. The summed E-state index contributed by atoms with van der Waals surface area (Å²) in [4.78, 5) is 26.1. The van der Waals surface area contributed by atoms with Gasteiger partial charge in [0.15, 0.2) is 5.82 Å². The van der Waals surface area contributed by atoms with E-state index in [0.717, 1.165) is 75.5 Å². The molecule has 0 N–H and O–H groups in total. The van der Waals surface area contributed by atoms with E-state index in [2.05, 4.69) is 20.0 Å². The van der Waals surface area contributed by atoms with Gasteiger partial charge in [-0.05, 0) is 44.2 Å². The maximum atomic E-state index is 12.6. The molecule has 0 bridgehead atoms. The molecule has 2 saturated carbocycles. The quantitative estimate of drug-likeness (QED) is 0.827. The van der Waals surface area contributed by atoms with Gasteiger partial charge >= 0.3 is 0 Å². The lowest BCUT2D eigenvalue weighted by Gasteiger charge is -2.31. The molecule has 0 atom stereocenters. The van der Waals surface area contributed by atoms with Crippen LogP contribution in [0.2, 0.25) is 0 Å². The largest absolute Gasteiger partial charge is 0.354 e. The molecular formula is C20H25N5O2. The van der Waals surface area contributed by atoms with Gasteiger partial charge in [0.05, 0.1) is 5.56 Å². The van der Waals surface area contributed by atoms with Crippen LogP contribution < -0.4 is 4.90 Å². The highest BCUT2D eigenvalue weighted by Crippen LogP contribution is 2.39. The average Bonchev–Trinajstić information content (AvgIpc) is 3.43. The molecular weight excluding hydrogens is 342 g/mol. The molecule has 0 aromatic carbocycles. The third kappa shape index (κ3) is 3.31. The standard InChI is InChI=1S/C20H25N5O2/c26-20(15-4-1-5-15)25-11-3-10-24(12-13-25)18-16(6-2-9-21-18)19-22-17(23-27-19)14-7-8-14/h2,6,9,14-15H,1,3-5,7-8,10-13H2. The van der Waals surface area contributed by atoms with Gasteiger partial charge in [0.1, 0.15) is 5.82 Å². The fourth-order valence-electron chi connectivity index (χ4n) is 3.93. The Morgan fingerprint density at radius 3 is 2.74 bits per heavy atom. The lowest BCUT2D eigenvalue weighted by molar-refractivity contribution is -0.137. The SMILES string of the molecule is O=C(C1CCC1)N1CCCN(c2ncccc2-c2nc(C3CC3)no2)CC1. The number of pyridine rings is 1. The monoisotopic (exact) mass is 367 g/mol. The summed E-state index contributed by atoms with van der Waals surface area (Å²) in [6.07, 6.45) is 8.37. The van der Waals surface area contributed by atoms with Crippen molar-refractivity contribution in [2.75, 3.05) is 31.1 Å². The van der Waals surface area contributed by atoms with E-state index in [1.165, 1.54) is 6.42 Å². The van der Waals surface area contributed by atoms with E-state index in [0.29, 0.717) is 17.7 Å². The van der Waals surface area contributed by atoms with Gasteiger partial charge in [-0.15, -0.1) is 0 Å². The minimum atomic E-state index is 0.265. The molecule has 2 aromatic heterocycles. The van der Waals surface area contributed by atoms with Gasteiger partial charge in [-0.3, -0.25) is 4.79 Å². The lowest BCUT2D eigenvalue weighted by Crippen LogP contribution is -2.41. The first-order valence-electron chi connectivity index (χ1n) is 10.1. The summed E-state index contributed by atoms with van der Waals surface area (Å²) in [5.74, 6) is 3.31. The van der Waals surface area contributed by atoms with Gasteiger partial charge in [-0.25, -0.2) is 4.98 Å². The molecule has 5 rings (SSSR count). The van der Waals surface area contributed by atoms with Crippen molar-refractivity contribution in [3.8, 4) is 11.5 Å². The smallest absolute Gasteiger partial charge is 0.261 e. The van der Waals surface area contributed by atoms with Crippen LogP contribution in [0.4, 0.5) is 5.82 Å². The van der Waals surface area contributed by atoms with Gasteiger partial charge in [-0.1, -0.05) is 11.6 Å². The van der Waals surface area contributed by atoms with E-state index >= 15 is 0 Å². The minimum absolute atomic E-state index is 0.265. The zero-order valence-corrected chi connectivity index (χ0v) is 15.5. The number of hydrogen-bond acceptors (Lipinski definition) is 6. The normalized spacial score (nSPS) is 21.0. The highest BCUT2D eigenvalue weighted by Gasteiger charge is 2.32. The van der Waals surface area contributed by atoms with Crippen molar-refractivity contribution < 1.29 is 9.32 Å². The lowest BCUT2D eigenvalue weighted by atomic mass is 9.84. The number of carbonyl (C=O) groups is 1. The van der Waals surface area contributed by atoms with Crippen LogP contribution in [0.25, 0.3) is 11.5 Å². The van der Waals surface area contributed by atoms with Crippen LogP contribution in [0, 0.1) is 5.92 Å². The number of aromatic nitrogens is 3. The predicted molar refractivity (Wildman–Crippen MR) is 100 cm³/mol. The van der Waals surface area contributed by atoms with Crippen molar-refractivity contribution in [2.45, 2.75) is 44.4 Å². The Balaban J connectivity index is 1.34. The Morgan fingerprint density at radius 1 is 1.07 bits per heavy atom. The van der Waals surface area contributed by atoms with Crippen molar-refractivity contribution >= 4 is 11.7 Å². The van der Waals surface area contributed by atoms with Crippen LogP contribution >= 0.6 is 0 Å². The number of nitrogens with zero attached hydrogens (tertiary/aromatic N) is 5. The summed E-state index contributed by atoms with van der Waals surface area (Å²) >= 11 is 0. The maximum absolute atomic E-state index is 12.6. The highest BCUT2D eigenvalue weighted by atomic mass is 16.5. The van der Waals surface area contributed by atoms with Crippen LogP contribution in [0.1, 0.15) is 50.3 Å². The summed E-state index contributed by atoms with van der Waals surface area (Å²) in [6, 6.07) is 3.90. The third-order valence-electron chi connectivity index (χ3n) is 5.96. The maximum Gasteiger partial charge on any atom is 0.261 e. The molecule has 1 saturated heterocycles. The van der Waals surface area contributed by atoms with Crippen molar-refractivity contribution in [2.24, 2.45) is 5.92 Å². The fraction of sp³-hybridized carbons (Fsp3) is 0.600. The molecule has 1 amide bonds. The van der Waals surface area contributed by atoms with Crippen molar-refractivity contribution in [1.29, 1.82) is 0 Å². The highest BCUT2D eigenvalue weighted by molar-refractivity contribution is 5.79. The van der Waals surface area contributed by atoms with Crippen LogP contribution in [-0.2, 0) is 4.79 Å². The molecule has 0 radical (unpaired) electrons. The Kier molecular flexibility index (Phi) is 4.30. The molecule has 27 heavy (non-hydrogen) atoms. The summed E-state index contributed by atoms with van der Waals surface area (Å²) in [6.45, 7) is 3.25. The van der Waals surface area contributed by atoms with Crippen LogP contribution in [-0.4, -0.2) is 52.1 Å². The molecule has 1 aliphatic heterocycles. The summed E-state index contributed by atoms with van der Waals surface area (Å²) in [5.41, 5.74) is 0.885. The zero-order valence-electron chi connectivity index (χ0n) is 15.5. The number of rotatable bonds is 4. The Morgan fingerprint density at radius 2 is 1.96 bits per heavy atom. The molecule has 2 aromatic rings. The zero-order chi connectivity index (χ0) is 18.2. The van der Waals surface area contributed by atoms with Crippen molar-refractivity contribution in [1.82, 2.24) is 20.0 Å². The Labute approximate surface area is 158 Å². The molecule has 0 unspecified atom stereocenters. The molecule has 2 aliphatic carbocycles. The van der Waals surface area contributed by atoms with E-state index in [-0.39, 0.29) is 5.92 Å². The minimum Gasteiger partial charge on any atom is -0.354 e. The number of carbonyl (C=O) groups excluding carboxylic acids is 1. The average molecular weight is 367 g/mol. The first kappa shape index (κ1) is 16.7. The van der Waals surface area contributed by atoms with Gasteiger partial charge in [0.25, 0.3) is 5.89 Å². The number of anilines is 1. The predicted octanol–water partition coefficient (Wildman–Crippen LogP) is 2.85. The van der Waals surface area contributed by atoms with E-state index < -0.39 is 0 Å². The molecule has 0 spiro atoms. The second kappa shape index (κ2) is 6.94. The first-order valence-corrected chi connectivity index (χ1v) is 10.1. The molecule has 7 nitrogen and oxygen atoms in total. The van der Waals surface area contributed by atoms with E-state index in [1.54, 1.807) is 6.20 Å². The Bertz CT molecular complexity index is 827. The molecule has 3 aliphatic rings. The first-order chi connectivity index (χ1) is 13.3. The molecule has 3 fully saturated rings. The topological polar surface area (TPSA) is 75.4 Å². The van der Waals surface area contributed by atoms with Crippen molar-refractivity contribution in [3.63, 3.8) is 0 Å².